The molecule has 66 valence electrons. The van der Waals surface area contributed by atoms with Crippen molar-refractivity contribution in [3.8, 4) is 0 Å². The highest BCUT2D eigenvalue weighted by Gasteiger charge is 2.21. The lowest BCUT2D eigenvalue weighted by molar-refractivity contribution is 0.316. The molecule has 2 aliphatic carbocycles. The van der Waals surface area contributed by atoms with E-state index in [2.05, 4.69) is 5.16 Å². The van der Waals surface area contributed by atoms with Crippen molar-refractivity contribution >= 4 is 5.71 Å². The first-order valence-corrected chi connectivity index (χ1v) is 4.84. The predicted octanol–water partition coefficient (Wildman–Crippen LogP) is 2.87. The zero-order valence-corrected chi connectivity index (χ0v) is 7.34. The van der Waals surface area contributed by atoms with Gasteiger partial charge >= 0.3 is 0 Å². The van der Waals surface area contributed by atoms with Crippen LogP contribution in [0.15, 0.2) is 16.3 Å². The number of hydrogen-bond acceptors (Lipinski definition) is 2. The Hall–Kier alpha value is -0.790. The molecule has 0 amide bonds. The normalized spacial score (nSPS) is 27.5. The molecule has 0 atom stereocenters. The van der Waals surface area contributed by atoms with Crippen LogP contribution < -0.4 is 0 Å². The summed E-state index contributed by atoms with van der Waals surface area (Å²) >= 11 is 0. The molecule has 1 N–H and O–H groups in total. The summed E-state index contributed by atoms with van der Waals surface area (Å²) in [5, 5.41) is 12.2. The van der Waals surface area contributed by atoms with Crippen molar-refractivity contribution in [2.45, 2.75) is 44.9 Å². The average molecular weight is 165 g/mol. The van der Waals surface area contributed by atoms with Gasteiger partial charge in [-0.25, -0.2) is 0 Å². The third-order valence-electron chi connectivity index (χ3n) is 2.94. The lowest BCUT2D eigenvalue weighted by atomic mass is 9.81. The molecule has 0 aromatic carbocycles. The van der Waals surface area contributed by atoms with E-state index in [1.54, 1.807) is 5.57 Å². The summed E-state index contributed by atoms with van der Waals surface area (Å²) in [5.74, 6) is 0. The second kappa shape index (κ2) is 3.30. The minimum absolute atomic E-state index is 0.968. The smallest absolute Gasteiger partial charge is 0.0827 e. The Bertz CT molecular complexity index is 236. The second-order valence-electron chi connectivity index (χ2n) is 3.69. The fraction of sp³-hybridized carbons (Fsp3) is 0.700. The fourth-order valence-electron chi connectivity index (χ4n) is 2.32. The van der Waals surface area contributed by atoms with Crippen molar-refractivity contribution < 1.29 is 5.21 Å². The van der Waals surface area contributed by atoms with Crippen LogP contribution in [0.3, 0.4) is 0 Å². The Morgan fingerprint density at radius 1 is 0.917 bits per heavy atom. The molecule has 0 heterocycles. The third kappa shape index (κ3) is 1.26. The van der Waals surface area contributed by atoms with Crippen LogP contribution in [0.25, 0.3) is 0 Å². The van der Waals surface area contributed by atoms with Crippen LogP contribution in [-0.2, 0) is 0 Å². The van der Waals surface area contributed by atoms with Crippen molar-refractivity contribution in [2.75, 3.05) is 0 Å². The Labute approximate surface area is 73.0 Å². The number of oxime groups is 1. The molecule has 2 rings (SSSR count). The van der Waals surface area contributed by atoms with Crippen LogP contribution in [0.4, 0.5) is 0 Å². The summed E-state index contributed by atoms with van der Waals surface area (Å²) in [5.41, 5.74) is 3.92. The average Bonchev–Trinajstić information content (AvgIpc) is 2.17. The van der Waals surface area contributed by atoms with Gasteiger partial charge in [-0.05, 0) is 50.5 Å². The summed E-state index contributed by atoms with van der Waals surface area (Å²) < 4.78 is 0. The van der Waals surface area contributed by atoms with E-state index in [0.717, 1.165) is 18.6 Å². The minimum Gasteiger partial charge on any atom is -0.411 e. The van der Waals surface area contributed by atoms with Crippen LogP contribution in [0.2, 0.25) is 0 Å². The lowest BCUT2D eigenvalue weighted by Crippen LogP contribution is -2.15. The Balaban J connectivity index is 2.30. The fourth-order valence-corrected chi connectivity index (χ4v) is 2.32. The standard InChI is InChI=1S/C10H15NO/c12-11-10-7-3-5-8-4-1-2-6-9(8)10/h12H,1-7H2/b11-10+. The second-order valence-corrected chi connectivity index (χ2v) is 3.69. The van der Waals surface area contributed by atoms with Crippen molar-refractivity contribution in [1.29, 1.82) is 0 Å². The molecule has 0 saturated carbocycles. The third-order valence-corrected chi connectivity index (χ3v) is 2.94. The Morgan fingerprint density at radius 3 is 2.50 bits per heavy atom. The van der Waals surface area contributed by atoms with E-state index in [4.69, 9.17) is 5.21 Å². The molecule has 0 fully saturated rings. The molecule has 2 heteroatoms. The summed E-state index contributed by atoms with van der Waals surface area (Å²) in [6, 6.07) is 0. The van der Waals surface area contributed by atoms with Crippen molar-refractivity contribution in [3.05, 3.63) is 11.1 Å². The molecule has 0 bridgehead atoms. The highest BCUT2D eigenvalue weighted by atomic mass is 16.4. The monoisotopic (exact) mass is 165 g/mol. The van der Waals surface area contributed by atoms with E-state index < -0.39 is 0 Å². The molecule has 12 heavy (non-hydrogen) atoms. The van der Waals surface area contributed by atoms with E-state index in [-0.39, 0.29) is 0 Å². The van der Waals surface area contributed by atoms with Gasteiger partial charge in [-0.1, -0.05) is 10.7 Å². The summed E-state index contributed by atoms with van der Waals surface area (Å²) in [7, 11) is 0. The summed E-state index contributed by atoms with van der Waals surface area (Å²) in [6.45, 7) is 0. The van der Waals surface area contributed by atoms with Crippen LogP contribution in [0, 0.1) is 0 Å². The molecular formula is C10H15NO. The largest absolute Gasteiger partial charge is 0.411 e. The molecular weight excluding hydrogens is 150 g/mol. The first-order chi connectivity index (χ1) is 5.92. The van der Waals surface area contributed by atoms with Gasteiger partial charge in [0, 0.05) is 0 Å². The van der Waals surface area contributed by atoms with Gasteiger partial charge in [0.05, 0.1) is 5.71 Å². The highest BCUT2D eigenvalue weighted by Crippen LogP contribution is 2.33. The number of allylic oxidation sites excluding steroid dienone is 2. The minimum atomic E-state index is 0.968. The maximum absolute atomic E-state index is 8.78. The van der Waals surface area contributed by atoms with Gasteiger partial charge in [-0.15, -0.1) is 0 Å². The van der Waals surface area contributed by atoms with E-state index in [9.17, 15) is 0 Å². The van der Waals surface area contributed by atoms with Crippen LogP contribution in [0.1, 0.15) is 44.9 Å². The quantitative estimate of drug-likeness (QED) is 0.434. The van der Waals surface area contributed by atoms with E-state index in [0.29, 0.717) is 0 Å². The molecule has 2 nitrogen and oxygen atoms in total. The van der Waals surface area contributed by atoms with Gasteiger partial charge in [0.2, 0.25) is 0 Å². The van der Waals surface area contributed by atoms with Gasteiger partial charge in [-0.3, -0.25) is 0 Å². The molecule has 0 aliphatic heterocycles. The number of hydrogen-bond donors (Lipinski definition) is 1. The van der Waals surface area contributed by atoms with Gasteiger partial charge in [0.1, 0.15) is 0 Å². The summed E-state index contributed by atoms with van der Waals surface area (Å²) in [6.07, 6.45) is 8.40. The molecule has 0 saturated heterocycles. The van der Waals surface area contributed by atoms with E-state index in [1.807, 2.05) is 0 Å². The topological polar surface area (TPSA) is 32.6 Å². The first kappa shape index (κ1) is 7.84. The SMILES string of the molecule is O/N=C1\CCCC2=C1CCCC2. The van der Waals surface area contributed by atoms with E-state index >= 15 is 0 Å². The van der Waals surface area contributed by atoms with Crippen molar-refractivity contribution in [1.82, 2.24) is 0 Å². The molecule has 0 unspecified atom stereocenters. The van der Waals surface area contributed by atoms with Crippen LogP contribution >= 0.6 is 0 Å². The van der Waals surface area contributed by atoms with Crippen LogP contribution in [-0.4, -0.2) is 10.9 Å². The van der Waals surface area contributed by atoms with Gasteiger partial charge < -0.3 is 5.21 Å². The van der Waals surface area contributed by atoms with Gasteiger partial charge in [-0.2, -0.15) is 0 Å². The molecule has 0 aromatic heterocycles. The Kier molecular flexibility index (Phi) is 2.15. The van der Waals surface area contributed by atoms with Gasteiger partial charge in [0.15, 0.2) is 0 Å². The zero-order chi connectivity index (χ0) is 8.39. The molecule has 0 radical (unpaired) electrons. The predicted molar refractivity (Wildman–Crippen MR) is 48.6 cm³/mol. The number of nitrogens with zero attached hydrogens (tertiary/aromatic N) is 1. The molecule has 2 aliphatic rings. The summed E-state index contributed by atoms with van der Waals surface area (Å²) in [4.78, 5) is 0. The lowest BCUT2D eigenvalue weighted by Gasteiger charge is -2.25. The van der Waals surface area contributed by atoms with Crippen molar-refractivity contribution in [2.24, 2.45) is 5.16 Å². The maximum atomic E-state index is 8.78. The van der Waals surface area contributed by atoms with Crippen molar-refractivity contribution in [3.63, 3.8) is 0 Å². The van der Waals surface area contributed by atoms with E-state index in [1.165, 1.54) is 37.7 Å². The Morgan fingerprint density at radius 2 is 1.67 bits per heavy atom. The molecule has 0 spiro atoms. The van der Waals surface area contributed by atoms with Crippen LogP contribution in [0.5, 0.6) is 0 Å². The maximum Gasteiger partial charge on any atom is 0.0827 e. The zero-order valence-electron chi connectivity index (χ0n) is 7.34. The number of rotatable bonds is 0. The van der Waals surface area contributed by atoms with Gasteiger partial charge in [0.25, 0.3) is 0 Å². The highest BCUT2D eigenvalue weighted by molar-refractivity contribution is 6.01. The first-order valence-electron chi connectivity index (χ1n) is 4.84. The molecule has 0 aromatic rings.